The first-order valence-corrected chi connectivity index (χ1v) is 8.01. The number of anilines is 1. The summed E-state index contributed by atoms with van der Waals surface area (Å²) in [5.41, 5.74) is 1.14. The van der Waals surface area contributed by atoms with Gasteiger partial charge in [-0.2, -0.15) is 0 Å². The van der Waals surface area contributed by atoms with Gasteiger partial charge in [-0.05, 0) is 50.3 Å². The van der Waals surface area contributed by atoms with E-state index in [1.165, 1.54) is 45.1 Å². The predicted octanol–water partition coefficient (Wildman–Crippen LogP) is 3.42. The number of piperidine rings is 1. The molecular weight excluding hydrogens is 248 g/mol. The predicted molar refractivity (Wildman–Crippen MR) is 83.4 cm³/mol. The van der Waals surface area contributed by atoms with Crippen molar-refractivity contribution in [2.45, 2.75) is 50.6 Å². The molecular formula is C17H26N2O. The first kappa shape index (κ1) is 13.7. The second-order valence-electron chi connectivity index (χ2n) is 6.10. The number of ether oxygens (including phenoxy) is 1. The number of methoxy groups -OCH3 is 1. The van der Waals surface area contributed by atoms with E-state index >= 15 is 0 Å². The summed E-state index contributed by atoms with van der Waals surface area (Å²) < 4.78 is 5.46. The maximum atomic E-state index is 5.46. The van der Waals surface area contributed by atoms with Crippen LogP contribution in [0.15, 0.2) is 24.3 Å². The Morgan fingerprint density at radius 3 is 2.80 bits per heavy atom. The van der Waals surface area contributed by atoms with Crippen LogP contribution in [0.3, 0.4) is 0 Å². The molecule has 0 bridgehead atoms. The number of hydrogen-bond donors (Lipinski definition) is 2. The zero-order valence-corrected chi connectivity index (χ0v) is 12.4. The third-order valence-electron chi connectivity index (χ3n) is 4.88. The van der Waals surface area contributed by atoms with E-state index in [4.69, 9.17) is 4.74 Å². The lowest BCUT2D eigenvalue weighted by Crippen LogP contribution is -2.44. The molecule has 0 radical (unpaired) electrons. The normalized spacial score (nSPS) is 30.1. The summed E-state index contributed by atoms with van der Waals surface area (Å²) in [6.45, 7) is 1.20. The lowest BCUT2D eigenvalue weighted by molar-refractivity contribution is 0.286. The monoisotopic (exact) mass is 274 g/mol. The van der Waals surface area contributed by atoms with Crippen LogP contribution < -0.4 is 15.4 Å². The molecule has 110 valence electrons. The van der Waals surface area contributed by atoms with Gasteiger partial charge in [0.1, 0.15) is 5.75 Å². The lowest BCUT2D eigenvalue weighted by atomic mass is 9.88. The van der Waals surface area contributed by atoms with Crippen molar-refractivity contribution in [2.24, 2.45) is 5.92 Å². The average Bonchev–Trinajstić information content (AvgIpc) is 2.97. The van der Waals surface area contributed by atoms with Crippen molar-refractivity contribution in [1.29, 1.82) is 0 Å². The van der Waals surface area contributed by atoms with Gasteiger partial charge in [0.25, 0.3) is 0 Å². The van der Waals surface area contributed by atoms with Gasteiger partial charge < -0.3 is 15.4 Å². The van der Waals surface area contributed by atoms with Crippen LogP contribution >= 0.6 is 0 Å². The summed E-state index contributed by atoms with van der Waals surface area (Å²) in [7, 11) is 1.75. The van der Waals surface area contributed by atoms with Crippen LogP contribution in [-0.4, -0.2) is 25.7 Å². The number of benzene rings is 1. The van der Waals surface area contributed by atoms with Crippen molar-refractivity contribution >= 4 is 5.69 Å². The molecule has 1 saturated heterocycles. The van der Waals surface area contributed by atoms with E-state index in [0.29, 0.717) is 12.1 Å². The average molecular weight is 274 g/mol. The van der Waals surface area contributed by atoms with Gasteiger partial charge in [-0.3, -0.25) is 0 Å². The van der Waals surface area contributed by atoms with Crippen LogP contribution in [0.1, 0.15) is 38.5 Å². The first-order chi connectivity index (χ1) is 9.88. The molecule has 1 aromatic rings. The van der Waals surface area contributed by atoms with Gasteiger partial charge in [0.2, 0.25) is 0 Å². The molecule has 3 heteroatoms. The van der Waals surface area contributed by atoms with Crippen LogP contribution in [0.2, 0.25) is 0 Å². The van der Waals surface area contributed by atoms with Gasteiger partial charge in [0.05, 0.1) is 12.8 Å². The van der Waals surface area contributed by atoms with E-state index in [0.717, 1.165) is 17.4 Å². The molecule has 1 saturated carbocycles. The number of hydrogen-bond acceptors (Lipinski definition) is 3. The minimum atomic E-state index is 0.585. The highest BCUT2D eigenvalue weighted by atomic mass is 16.5. The fraction of sp³-hybridized carbons (Fsp3) is 0.647. The summed E-state index contributed by atoms with van der Waals surface area (Å²) in [6.07, 6.45) is 8.04. The van der Waals surface area contributed by atoms with Crippen molar-refractivity contribution < 1.29 is 4.74 Å². The molecule has 1 aliphatic carbocycles. The van der Waals surface area contributed by atoms with E-state index < -0.39 is 0 Å². The van der Waals surface area contributed by atoms with Crippen molar-refractivity contribution in [3.63, 3.8) is 0 Å². The smallest absolute Gasteiger partial charge is 0.141 e. The zero-order chi connectivity index (χ0) is 13.8. The van der Waals surface area contributed by atoms with E-state index in [2.05, 4.69) is 22.8 Å². The summed E-state index contributed by atoms with van der Waals surface area (Å²) in [6, 6.07) is 9.56. The molecule has 3 nitrogen and oxygen atoms in total. The minimum absolute atomic E-state index is 0.585. The maximum Gasteiger partial charge on any atom is 0.141 e. The highest BCUT2D eigenvalue weighted by Gasteiger charge is 2.34. The van der Waals surface area contributed by atoms with E-state index in [9.17, 15) is 0 Å². The van der Waals surface area contributed by atoms with Crippen LogP contribution in [0.5, 0.6) is 5.75 Å². The van der Waals surface area contributed by atoms with Crippen molar-refractivity contribution in [3.8, 4) is 5.75 Å². The number of para-hydroxylation sites is 2. The fourth-order valence-electron chi connectivity index (χ4n) is 3.86. The van der Waals surface area contributed by atoms with Crippen LogP contribution in [-0.2, 0) is 0 Å². The Balaban J connectivity index is 1.69. The molecule has 1 heterocycles. The highest BCUT2D eigenvalue weighted by molar-refractivity contribution is 5.56. The van der Waals surface area contributed by atoms with Crippen LogP contribution in [0, 0.1) is 5.92 Å². The third kappa shape index (κ3) is 2.93. The van der Waals surface area contributed by atoms with Gasteiger partial charge in [-0.15, -0.1) is 0 Å². The molecule has 1 aromatic carbocycles. The third-order valence-corrected chi connectivity index (χ3v) is 4.88. The Labute approximate surface area is 122 Å². The molecule has 3 unspecified atom stereocenters. The zero-order valence-electron chi connectivity index (χ0n) is 12.4. The SMILES string of the molecule is COc1ccccc1NC1CCCC1C1CCCCN1. The molecule has 3 atom stereocenters. The van der Waals surface area contributed by atoms with Crippen LogP contribution in [0.4, 0.5) is 5.69 Å². The Hall–Kier alpha value is -1.22. The second kappa shape index (κ2) is 6.49. The van der Waals surface area contributed by atoms with Gasteiger partial charge in [0, 0.05) is 12.1 Å². The molecule has 1 aliphatic heterocycles. The molecule has 0 spiro atoms. The standard InChI is InChI=1S/C17H26N2O/c1-20-17-11-3-2-9-16(17)19-15-10-6-7-13(15)14-8-4-5-12-18-14/h2-3,9,11,13-15,18-19H,4-8,10,12H2,1H3. The van der Waals surface area contributed by atoms with Crippen molar-refractivity contribution in [1.82, 2.24) is 5.32 Å². The molecule has 3 rings (SSSR count). The quantitative estimate of drug-likeness (QED) is 0.882. The molecule has 20 heavy (non-hydrogen) atoms. The summed E-state index contributed by atoms with van der Waals surface area (Å²) in [4.78, 5) is 0. The lowest BCUT2D eigenvalue weighted by Gasteiger charge is -2.33. The summed E-state index contributed by atoms with van der Waals surface area (Å²) in [5.74, 6) is 1.72. The van der Waals surface area contributed by atoms with E-state index in [-0.39, 0.29) is 0 Å². The topological polar surface area (TPSA) is 33.3 Å². The Morgan fingerprint density at radius 1 is 1.10 bits per heavy atom. The molecule has 0 aromatic heterocycles. The fourth-order valence-corrected chi connectivity index (χ4v) is 3.86. The minimum Gasteiger partial charge on any atom is -0.495 e. The van der Waals surface area contributed by atoms with Crippen molar-refractivity contribution in [2.75, 3.05) is 19.0 Å². The molecule has 2 fully saturated rings. The van der Waals surface area contributed by atoms with Gasteiger partial charge >= 0.3 is 0 Å². The number of nitrogens with one attached hydrogen (secondary N) is 2. The maximum absolute atomic E-state index is 5.46. The second-order valence-corrected chi connectivity index (χ2v) is 6.10. The Bertz CT molecular complexity index is 429. The van der Waals surface area contributed by atoms with Gasteiger partial charge in [-0.25, -0.2) is 0 Å². The van der Waals surface area contributed by atoms with Gasteiger partial charge in [-0.1, -0.05) is 25.0 Å². The van der Waals surface area contributed by atoms with Crippen LogP contribution in [0.25, 0.3) is 0 Å². The number of rotatable bonds is 4. The summed E-state index contributed by atoms with van der Waals surface area (Å²) >= 11 is 0. The largest absolute Gasteiger partial charge is 0.495 e. The van der Waals surface area contributed by atoms with E-state index in [1.54, 1.807) is 7.11 Å². The Morgan fingerprint density at radius 2 is 2.00 bits per heavy atom. The Kier molecular flexibility index (Phi) is 4.46. The van der Waals surface area contributed by atoms with Crippen molar-refractivity contribution in [3.05, 3.63) is 24.3 Å². The highest BCUT2D eigenvalue weighted by Crippen LogP contribution is 2.35. The molecule has 2 aliphatic rings. The first-order valence-electron chi connectivity index (χ1n) is 8.01. The van der Waals surface area contributed by atoms with E-state index in [1.807, 2.05) is 12.1 Å². The van der Waals surface area contributed by atoms with Gasteiger partial charge in [0.15, 0.2) is 0 Å². The molecule has 0 amide bonds. The molecule has 2 N–H and O–H groups in total. The summed E-state index contributed by atoms with van der Waals surface area (Å²) in [5, 5.41) is 7.48.